The van der Waals surface area contributed by atoms with E-state index in [1.54, 1.807) is 6.07 Å². The molecule has 0 aliphatic carbocycles. The lowest BCUT2D eigenvalue weighted by atomic mass is 10.1. The molecule has 0 fully saturated rings. The molecule has 2 rings (SSSR count). The van der Waals surface area contributed by atoms with Crippen molar-refractivity contribution >= 4 is 61.0 Å². The van der Waals surface area contributed by atoms with Gasteiger partial charge in [0.2, 0.25) is 0 Å². The van der Waals surface area contributed by atoms with Crippen molar-refractivity contribution in [3.63, 3.8) is 0 Å². The minimum Gasteiger partial charge on any atom is -0.293 e. The van der Waals surface area contributed by atoms with E-state index in [2.05, 4.69) is 31.9 Å². The summed E-state index contributed by atoms with van der Waals surface area (Å²) in [7, 11) is 0. The van der Waals surface area contributed by atoms with Gasteiger partial charge in [-0.1, -0.05) is 27.5 Å². The Bertz CT molecular complexity index is 646. The highest BCUT2D eigenvalue weighted by Gasteiger charge is 2.16. The lowest BCUT2D eigenvalue weighted by molar-refractivity contribution is 0.101. The van der Waals surface area contributed by atoms with Crippen LogP contribution in [0.4, 0.5) is 4.39 Å². The van der Waals surface area contributed by atoms with Crippen molar-refractivity contribution in [3.8, 4) is 0 Å². The van der Waals surface area contributed by atoms with Crippen molar-refractivity contribution in [1.29, 1.82) is 0 Å². The van der Waals surface area contributed by atoms with Gasteiger partial charge in [0.25, 0.3) is 0 Å². The first-order valence-electron chi connectivity index (χ1n) is 5.54. The van der Waals surface area contributed by atoms with E-state index in [1.807, 2.05) is 24.3 Å². The van der Waals surface area contributed by atoms with Gasteiger partial charge in [-0.3, -0.25) is 4.79 Å². The summed E-state index contributed by atoms with van der Waals surface area (Å²) >= 11 is 13.6. The minimum absolute atomic E-state index is 0.0165. The molecule has 20 heavy (non-hydrogen) atoms. The van der Waals surface area contributed by atoms with E-state index in [1.165, 1.54) is 17.8 Å². The zero-order valence-electron chi connectivity index (χ0n) is 10.00. The fraction of sp³-hybridized carbons (Fsp3) is 0.0714. The van der Waals surface area contributed by atoms with Crippen LogP contribution in [0.2, 0.25) is 5.02 Å². The zero-order valence-corrected chi connectivity index (χ0v) is 14.7. The van der Waals surface area contributed by atoms with Crippen molar-refractivity contribution in [2.45, 2.75) is 4.90 Å². The lowest BCUT2D eigenvalue weighted by Crippen LogP contribution is -2.06. The van der Waals surface area contributed by atoms with E-state index < -0.39 is 5.82 Å². The molecule has 0 spiro atoms. The standard InChI is InChI=1S/C14H8Br2ClFOS/c15-8-1-3-9(4-2-8)20-7-12(19)10-5-6-11(16)13(17)14(10)18/h1-6H,7H2. The molecule has 1 nitrogen and oxygen atoms in total. The SMILES string of the molecule is O=C(CSc1ccc(Br)cc1)c1ccc(Br)c(Cl)c1F. The van der Waals surface area contributed by atoms with Gasteiger partial charge in [0.1, 0.15) is 0 Å². The molecular weight excluding hydrogens is 430 g/mol. The highest BCUT2D eigenvalue weighted by Crippen LogP contribution is 2.29. The summed E-state index contributed by atoms with van der Waals surface area (Å²) in [5, 5.41) is -0.0653. The van der Waals surface area contributed by atoms with Gasteiger partial charge in [0.05, 0.1) is 16.3 Å². The molecule has 0 aliphatic heterocycles. The Balaban J connectivity index is 2.09. The van der Waals surface area contributed by atoms with E-state index in [4.69, 9.17) is 11.6 Å². The molecule has 0 aromatic heterocycles. The largest absolute Gasteiger partial charge is 0.293 e. The van der Waals surface area contributed by atoms with Crippen molar-refractivity contribution in [3.05, 3.63) is 61.7 Å². The molecule has 0 aliphatic rings. The van der Waals surface area contributed by atoms with Crippen LogP contribution >= 0.6 is 55.2 Å². The molecule has 0 saturated heterocycles. The zero-order chi connectivity index (χ0) is 14.7. The second kappa shape index (κ2) is 7.07. The molecule has 0 N–H and O–H groups in total. The third kappa shape index (κ3) is 3.85. The summed E-state index contributed by atoms with van der Waals surface area (Å²) in [6, 6.07) is 10.6. The van der Waals surface area contributed by atoms with Crippen molar-refractivity contribution < 1.29 is 9.18 Å². The molecule has 0 atom stereocenters. The second-order valence-electron chi connectivity index (χ2n) is 3.89. The van der Waals surface area contributed by atoms with Crippen LogP contribution in [0, 0.1) is 5.82 Å². The fourth-order valence-corrected chi connectivity index (χ4v) is 3.02. The minimum atomic E-state index is -0.678. The average molecular weight is 439 g/mol. The average Bonchev–Trinajstić information content (AvgIpc) is 2.44. The molecule has 2 aromatic rings. The van der Waals surface area contributed by atoms with E-state index in [0.29, 0.717) is 4.47 Å². The van der Waals surface area contributed by atoms with E-state index >= 15 is 0 Å². The van der Waals surface area contributed by atoms with Gasteiger partial charge < -0.3 is 0 Å². The van der Waals surface area contributed by atoms with Crippen LogP contribution in [0.1, 0.15) is 10.4 Å². The Morgan fingerprint density at radius 2 is 1.80 bits per heavy atom. The van der Waals surface area contributed by atoms with Crippen LogP contribution in [0.15, 0.2) is 50.2 Å². The smallest absolute Gasteiger partial charge is 0.176 e. The van der Waals surface area contributed by atoms with Crippen LogP contribution < -0.4 is 0 Å². The van der Waals surface area contributed by atoms with Crippen LogP contribution in [-0.4, -0.2) is 11.5 Å². The van der Waals surface area contributed by atoms with Crippen molar-refractivity contribution in [2.24, 2.45) is 0 Å². The Hall–Kier alpha value is -0.360. The highest BCUT2D eigenvalue weighted by atomic mass is 79.9. The molecule has 6 heteroatoms. The number of hydrogen-bond donors (Lipinski definition) is 0. The summed E-state index contributed by atoms with van der Waals surface area (Å²) in [4.78, 5) is 13.0. The van der Waals surface area contributed by atoms with Gasteiger partial charge >= 0.3 is 0 Å². The van der Waals surface area contributed by atoms with E-state index in [-0.39, 0.29) is 22.1 Å². The monoisotopic (exact) mass is 436 g/mol. The Kier molecular flexibility index (Phi) is 5.66. The number of halogens is 4. The third-order valence-corrected chi connectivity index (χ3v) is 5.32. The van der Waals surface area contributed by atoms with E-state index in [9.17, 15) is 9.18 Å². The molecule has 0 unspecified atom stereocenters. The summed E-state index contributed by atoms with van der Waals surface area (Å²) < 4.78 is 15.3. The molecule has 0 radical (unpaired) electrons. The van der Waals surface area contributed by atoms with Crippen LogP contribution in [0.3, 0.4) is 0 Å². The van der Waals surface area contributed by atoms with Crippen LogP contribution in [0.5, 0.6) is 0 Å². The molecule has 0 bridgehead atoms. The highest BCUT2D eigenvalue weighted by molar-refractivity contribution is 9.10. The summed E-state index contributed by atoms with van der Waals surface area (Å²) in [6.45, 7) is 0. The van der Waals surface area contributed by atoms with Gasteiger partial charge in [-0.05, 0) is 52.3 Å². The van der Waals surface area contributed by atoms with Gasteiger partial charge in [0, 0.05) is 13.8 Å². The van der Waals surface area contributed by atoms with Crippen molar-refractivity contribution in [2.75, 3.05) is 5.75 Å². The Morgan fingerprint density at radius 1 is 1.15 bits per heavy atom. The number of benzene rings is 2. The van der Waals surface area contributed by atoms with Crippen molar-refractivity contribution in [1.82, 2.24) is 0 Å². The number of thioether (sulfide) groups is 1. The molecule has 2 aromatic carbocycles. The molecular formula is C14H8Br2ClFOS. The number of rotatable bonds is 4. The normalized spacial score (nSPS) is 10.6. The Labute approximate surface area is 142 Å². The van der Waals surface area contributed by atoms with Gasteiger partial charge in [-0.25, -0.2) is 4.39 Å². The fourth-order valence-electron chi connectivity index (χ4n) is 1.50. The summed E-state index contributed by atoms with van der Waals surface area (Å²) in [6.07, 6.45) is 0. The first-order chi connectivity index (χ1) is 9.49. The third-order valence-electron chi connectivity index (χ3n) is 2.52. The van der Waals surface area contributed by atoms with Gasteiger partial charge in [-0.2, -0.15) is 0 Å². The topological polar surface area (TPSA) is 17.1 Å². The second-order valence-corrected chi connectivity index (χ2v) is 7.09. The lowest BCUT2D eigenvalue weighted by Gasteiger charge is -2.05. The number of carbonyl (C=O) groups excluding carboxylic acids is 1. The predicted octanol–water partition coefficient (Wildman–Crippen LogP) is 5.98. The van der Waals surface area contributed by atoms with Gasteiger partial charge in [-0.15, -0.1) is 11.8 Å². The van der Waals surface area contributed by atoms with Crippen LogP contribution in [-0.2, 0) is 0 Å². The maximum absolute atomic E-state index is 13.9. The first kappa shape index (κ1) is 16.0. The number of ketones is 1. The van der Waals surface area contributed by atoms with Crippen LogP contribution in [0.25, 0.3) is 0 Å². The quantitative estimate of drug-likeness (QED) is 0.332. The Morgan fingerprint density at radius 3 is 2.45 bits per heavy atom. The molecule has 0 saturated carbocycles. The predicted molar refractivity (Wildman–Crippen MR) is 88.3 cm³/mol. The maximum Gasteiger partial charge on any atom is 0.176 e. The molecule has 104 valence electrons. The van der Waals surface area contributed by atoms with Gasteiger partial charge in [0.15, 0.2) is 11.6 Å². The number of Topliss-reactive ketones (excluding diaryl/α,β-unsaturated/α-hetero) is 1. The summed E-state index contributed by atoms with van der Waals surface area (Å²) in [5.74, 6) is -0.802. The number of carbonyl (C=O) groups is 1. The maximum atomic E-state index is 13.9. The van der Waals surface area contributed by atoms with E-state index in [0.717, 1.165) is 9.37 Å². The summed E-state index contributed by atoms with van der Waals surface area (Å²) in [5.41, 5.74) is 0.0165. The molecule has 0 heterocycles. The molecule has 0 amide bonds. The number of hydrogen-bond acceptors (Lipinski definition) is 2. The first-order valence-corrected chi connectivity index (χ1v) is 8.49.